The van der Waals surface area contributed by atoms with Crippen molar-refractivity contribution in [2.24, 2.45) is 0 Å². The van der Waals surface area contributed by atoms with Gasteiger partial charge in [-0.2, -0.15) is 0 Å². The van der Waals surface area contributed by atoms with Crippen LogP contribution in [0.4, 0.5) is 0 Å². The molecule has 4 heteroatoms. The quantitative estimate of drug-likeness (QED) is 0.433. The fraction of sp³-hybridized carbons (Fsp3) is 0.280. The van der Waals surface area contributed by atoms with E-state index in [2.05, 4.69) is 36.5 Å². The molecule has 0 saturated heterocycles. The third-order valence-electron chi connectivity index (χ3n) is 4.98. The summed E-state index contributed by atoms with van der Waals surface area (Å²) in [6, 6.07) is 23.9. The number of aryl methyl sites for hydroxylation is 1. The van der Waals surface area contributed by atoms with Gasteiger partial charge in [0, 0.05) is 6.04 Å². The molecule has 1 atom stereocenters. The molecule has 29 heavy (non-hydrogen) atoms. The standard InChI is InChI=1S/C25H29NO3/c1-19(26-16-15-21-11-14-24(27)25(28)17-21)7-8-20-9-12-23(13-10-20)29-18-22-5-3-2-4-6-22/h2-6,9-14,17,19,26-28H,7-8,15-16,18H2,1H3. The van der Waals surface area contributed by atoms with Gasteiger partial charge in [0.05, 0.1) is 0 Å². The van der Waals surface area contributed by atoms with Crippen LogP contribution in [0.3, 0.4) is 0 Å². The molecule has 3 aromatic rings. The van der Waals surface area contributed by atoms with Crippen LogP contribution in [-0.4, -0.2) is 22.8 Å². The van der Waals surface area contributed by atoms with Crippen molar-refractivity contribution in [3.63, 3.8) is 0 Å². The molecule has 0 heterocycles. The lowest BCUT2D eigenvalue weighted by molar-refractivity contribution is 0.306. The first-order chi connectivity index (χ1) is 14.1. The Labute approximate surface area is 172 Å². The predicted molar refractivity (Wildman–Crippen MR) is 116 cm³/mol. The first-order valence-corrected chi connectivity index (χ1v) is 10.1. The monoisotopic (exact) mass is 391 g/mol. The Bertz CT molecular complexity index is 878. The number of aromatic hydroxyl groups is 2. The lowest BCUT2D eigenvalue weighted by Gasteiger charge is -2.14. The summed E-state index contributed by atoms with van der Waals surface area (Å²) in [4.78, 5) is 0. The summed E-state index contributed by atoms with van der Waals surface area (Å²) in [5.41, 5.74) is 3.47. The molecule has 0 aliphatic heterocycles. The summed E-state index contributed by atoms with van der Waals surface area (Å²) in [5.74, 6) is 0.749. The predicted octanol–water partition coefficient (Wildman–Crippen LogP) is 4.83. The maximum absolute atomic E-state index is 9.55. The van der Waals surface area contributed by atoms with Crippen molar-refractivity contribution in [1.29, 1.82) is 0 Å². The maximum Gasteiger partial charge on any atom is 0.157 e. The number of phenolic OH excluding ortho intramolecular Hbond substituents is 2. The van der Waals surface area contributed by atoms with Gasteiger partial charge in [-0.15, -0.1) is 0 Å². The fourth-order valence-electron chi connectivity index (χ4n) is 3.17. The van der Waals surface area contributed by atoms with Gasteiger partial charge in [0.1, 0.15) is 12.4 Å². The van der Waals surface area contributed by atoms with Gasteiger partial charge in [-0.1, -0.05) is 48.5 Å². The van der Waals surface area contributed by atoms with E-state index >= 15 is 0 Å². The molecule has 0 aliphatic rings. The van der Waals surface area contributed by atoms with Gasteiger partial charge in [-0.3, -0.25) is 0 Å². The SMILES string of the molecule is CC(CCc1ccc(OCc2ccccc2)cc1)NCCc1ccc(O)c(O)c1. The maximum atomic E-state index is 9.55. The summed E-state index contributed by atoms with van der Waals surface area (Å²) < 4.78 is 5.84. The third kappa shape index (κ3) is 6.84. The van der Waals surface area contributed by atoms with E-state index in [1.807, 2.05) is 36.4 Å². The zero-order valence-corrected chi connectivity index (χ0v) is 16.8. The number of benzene rings is 3. The Balaban J connectivity index is 1.36. The van der Waals surface area contributed by atoms with Crippen molar-refractivity contribution in [2.75, 3.05) is 6.54 Å². The molecular formula is C25H29NO3. The van der Waals surface area contributed by atoms with Gasteiger partial charge in [-0.25, -0.2) is 0 Å². The number of phenols is 2. The number of rotatable bonds is 10. The molecule has 152 valence electrons. The minimum atomic E-state index is -0.0773. The summed E-state index contributed by atoms with van der Waals surface area (Å²) in [6.45, 7) is 3.60. The highest BCUT2D eigenvalue weighted by atomic mass is 16.5. The minimum Gasteiger partial charge on any atom is -0.504 e. The van der Waals surface area contributed by atoms with Crippen LogP contribution in [0, 0.1) is 0 Å². The zero-order valence-electron chi connectivity index (χ0n) is 16.8. The van der Waals surface area contributed by atoms with Crippen LogP contribution >= 0.6 is 0 Å². The zero-order chi connectivity index (χ0) is 20.5. The molecule has 0 aliphatic carbocycles. The number of nitrogens with one attached hydrogen (secondary N) is 1. The average molecular weight is 392 g/mol. The highest BCUT2D eigenvalue weighted by Crippen LogP contribution is 2.24. The second-order valence-electron chi connectivity index (χ2n) is 7.39. The van der Waals surface area contributed by atoms with Crippen LogP contribution < -0.4 is 10.1 Å². The van der Waals surface area contributed by atoms with Gasteiger partial charge in [0.25, 0.3) is 0 Å². The van der Waals surface area contributed by atoms with Gasteiger partial charge in [-0.05, 0) is 73.7 Å². The fourth-order valence-corrected chi connectivity index (χ4v) is 3.17. The Morgan fingerprint density at radius 1 is 0.793 bits per heavy atom. The van der Waals surface area contributed by atoms with Gasteiger partial charge in [0.2, 0.25) is 0 Å². The van der Waals surface area contributed by atoms with Crippen molar-refractivity contribution in [2.45, 2.75) is 38.8 Å². The van der Waals surface area contributed by atoms with E-state index in [0.717, 1.165) is 37.1 Å². The molecule has 0 spiro atoms. The molecule has 0 aromatic heterocycles. The largest absolute Gasteiger partial charge is 0.504 e. The topological polar surface area (TPSA) is 61.7 Å². The van der Waals surface area contributed by atoms with E-state index in [9.17, 15) is 10.2 Å². The van der Waals surface area contributed by atoms with Crippen molar-refractivity contribution >= 4 is 0 Å². The Hall–Kier alpha value is -2.98. The molecule has 0 saturated carbocycles. The van der Waals surface area contributed by atoms with Crippen molar-refractivity contribution in [3.8, 4) is 17.2 Å². The van der Waals surface area contributed by atoms with Crippen LogP contribution in [0.1, 0.15) is 30.0 Å². The number of hydrogen-bond acceptors (Lipinski definition) is 4. The number of hydrogen-bond donors (Lipinski definition) is 3. The molecule has 3 rings (SSSR count). The Kier molecular flexibility index (Phi) is 7.54. The van der Waals surface area contributed by atoms with Crippen molar-refractivity contribution < 1.29 is 14.9 Å². The Morgan fingerprint density at radius 3 is 2.24 bits per heavy atom. The van der Waals surface area contributed by atoms with Crippen LogP contribution in [0.2, 0.25) is 0 Å². The summed E-state index contributed by atoms with van der Waals surface area (Å²) in [7, 11) is 0. The van der Waals surface area contributed by atoms with Crippen LogP contribution in [0.15, 0.2) is 72.8 Å². The highest BCUT2D eigenvalue weighted by Gasteiger charge is 2.05. The van der Waals surface area contributed by atoms with Crippen LogP contribution in [0.5, 0.6) is 17.2 Å². The van der Waals surface area contributed by atoms with E-state index in [1.165, 1.54) is 17.2 Å². The molecule has 0 bridgehead atoms. The van der Waals surface area contributed by atoms with E-state index in [4.69, 9.17) is 4.74 Å². The van der Waals surface area contributed by atoms with Crippen molar-refractivity contribution in [1.82, 2.24) is 5.32 Å². The average Bonchev–Trinajstić information content (AvgIpc) is 2.75. The van der Waals surface area contributed by atoms with E-state index in [1.54, 1.807) is 6.07 Å². The second kappa shape index (κ2) is 10.5. The lowest BCUT2D eigenvalue weighted by atomic mass is 10.1. The van der Waals surface area contributed by atoms with E-state index < -0.39 is 0 Å². The molecule has 3 N–H and O–H groups in total. The van der Waals surface area contributed by atoms with Crippen molar-refractivity contribution in [3.05, 3.63) is 89.5 Å². The Morgan fingerprint density at radius 2 is 1.52 bits per heavy atom. The molecule has 3 aromatic carbocycles. The second-order valence-corrected chi connectivity index (χ2v) is 7.39. The molecule has 0 radical (unpaired) electrons. The summed E-state index contributed by atoms with van der Waals surface area (Å²) >= 11 is 0. The minimum absolute atomic E-state index is 0.0632. The van der Waals surface area contributed by atoms with Gasteiger partial charge in [0.15, 0.2) is 11.5 Å². The first kappa shape index (κ1) is 20.7. The van der Waals surface area contributed by atoms with Gasteiger partial charge >= 0.3 is 0 Å². The normalized spacial score (nSPS) is 11.9. The highest BCUT2D eigenvalue weighted by molar-refractivity contribution is 5.40. The number of ether oxygens (including phenoxy) is 1. The molecular weight excluding hydrogens is 362 g/mol. The van der Waals surface area contributed by atoms with Crippen LogP contribution in [-0.2, 0) is 19.4 Å². The molecule has 0 amide bonds. The first-order valence-electron chi connectivity index (χ1n) is 10.1. The van der Waals surface area contributed by atoms with Crippen LogP contribution in [0.25, 0.3) is 0 Å². The third-order valence-corrected chi connectivity index (χ3v) is 4.98. The lowest BCUT2D eigenvalue weighted by Crippen LogP contribution is -2.28. The molecule has 1 unspecified atom stereocenters. The summed E-state index contributed by atoms with van der Waals surface area (Å²) in [6.07, 6.45) is 2.86. The van der Waals surface area contributed by atoms with Gasteiger partial charge < -0.3 is 20.3 Å². The smallest absolute Gasteiger partial charge is 0.157 e. The summed E-state index contributed by atoms with van der Waals surface area (Å²) in [5, 5.41) is 22.4. The van der Waals surface area contributed by atoms with E-state index in [-0.39, 0.29) is 11.5 Å². The molecule has 4 nitrogen and oxygen atoms in total. The van der Waals surface area contributed by atoms with E-state index in [0.29, 0.717) is 12.6 Å². The molecule has 0 fully saturated rings.